The SMILES string of the molecule is O=C(Nc1cc(Cl)ccc1Cl)c1sc2cc(Cl)cc(Cl)c2c1Cl. The summed E-state index contributed by atoms with van der Waals surface area (Å²) < 4.78 is 0.731. The van der Waals surface area contributed by atoms with Crippen molar-refractivity contribution < 1.29 is 4.79 Å². The largest absolute Gasteiger partial charge is 0.320 e. The normalized spacial score (nSPS) is 11.0. The number of hydrogen-bond donors (Lipinski definition) is 1. The first kappa shape index (κ1) is 17.2. The van der Waals surface area contributed by atoms with E-state index < -0.39 is 5.91 Å². The van der Waals surface area contributed by atoms with E-state index in [1.165, 1.54) is 11.3 Å². The lowest BCUT2D eigenvalue weighted by Crippen LogP contribution is -2.11. The van der Waals surface area contributed by atoms with E-state index in [1.807, 2.05) is 0 Å². The van der Waals surface area contributed by atoms with E-state index in [0.29, 0.717) is 36.0 Å². The lowest BCUT2D eigenvalue weighted by Gasteiger charge is -2.06. The van der Waals surface area contributed by atoms with Gasteiger partial charge in [0.05, 0.1) is 20.8 Å². The van der Waals surface area contributed by atoms with Gasteiger partial charge in [0.2, 0.25) is 0 Å². The smallest absolute Gasteiger partial charge is 0.267 e. The average molecular weight is 426 g/mol. The number of carbonyl (C=O) groups is 1. The fourth-order valence-corrected chi connectivity index (χ4v) is 4.64. The van der Waals surface area contributed by atoms with Gasteiger partial charge in [0.1, 0.15) is 4.88 Å². The molecule has 0 spiro atoms. The Morgan fingerprint density at radius 1 is 0.913 bits per heavy atom. The molecule has 0 radical (unpaired) electrons. The van der Waals surface area contributed by atoms with Gasteiger partial charge in [-0.25, -0.2) is 0 Å². The van der Waals surface area contributed by atoms with Crippen LogP contribution in [-0.4, -0.2) is 5.91 Å². The molecule has 1 amide bonds. The number of carbonyl (C=O) groups excluding carboxylic acids is 1. The van der Waals surface area contributed by atoms with Crippen molar-refractivity contribution in [3.05, 3.63) is 60.3 Å². The van der Waals surface area contributed by atoms with Gasteiger partial charge >= 0.3 is 0 Å². The van der Waals surface area contributed by atoms with Crippen LogP contribution in [0.3, 0.4) is 0 Å². The third-order valence-corrected chi connectivity index (χ3v) is 5.74. The highest BCUT2D eigenvalue weighted by atomic mass is 35.5. The Hall–Kier alpha value is -0.680. The van der Waals surface area contributed by atoms with Crippen molar-refractivity contribution in [3.8, 4) is 0 Å². The summed E-state index contributed by atoms with van der Waals surface area (Å²) in [5.41, 5.74) is 0.404. The molecule has 0 saturated heterocycles. The summed E-state index contributed by atoms with van der Waals surface area (Å²) in [5, 5.41) is 5.29. The molecule has 1 N–H and O–H groups in total. The number of hydrogen-bond acceptors (Lipinski definition) is 2. The van der Waals surface area contributed by atoms with Crippen molar-refractivity contribution >= 4 is 91.0 Å². The molecule has 0 atom stereocenters. The molecule has 0 unspecified atom stereocenters. The standard InChI is InChI=1S/C15H6Cl5NOS/c16-6-1-2-8(18)10(4-6)21-15(22)14-13(20)12-9(19)3-7(17)5-11(12)23-14/h1-5H,(H,21,22). The van der Waals surface area contributed by atoms with Crippen molar-refractivity contribution in [1.82, 2.24) is 0 Å². The highest BCUT2D eigenvalue weighted by Crippen LogP contribution is 2.41. The van der Waals surface area contributed by atoms with Crippen LogP contribution < -0.4 is 5.32 Å². The van der Waals surface area contributed by atoms with Gasteiger partial charge in [-0.05, 0) is 30.3 Å². The number of thiophene rings is 1. The molecular weight excluding hydrogens is 420 g/mol. The van der Waals surface area contributed by atoms with Gasteiger partial charge in [0, 0.05) is 20.1 Å². The molecule has 23 heavy (non-hydrogen) atoms. The zero-order valence-corrected chi connectivity index (χ0v) is 15.7. The molecule has 0 fully saturated rings. The molecule has 2 aromatic carbocycles. The summed E-state index contributed by atoms with van der Waals surface area (Å²) in [5.74, 6) is -0.396. The van der Waals surface area contributed by atoms with E-state index in [2.05, 4.69) is 5.32 Å². The number of fused-ring (bicyclic) bond motifs is 1. The predicted molar refractivity (Wildman–Crippen MR) is 101 cm³/mol. The first-order valence-corrected chi connectivity index (χ1v) is 8.91. The third kappa shape index (κ3) is 3.41. The predicted octanol–water partition coefficient (Wildman–Crippen LogP) is 7.42. The monoisotopic (exact) mass is 423 g/mol. The van der Waals surface area contributed by atoms with Crippen LogP contribution in [0.25, 0.3) is 10.1 Å². The van der Waals surface area contributed by atoms with Crippen LogP contribution >= 0.6 is 69.3 Å². The second-order valence-electron chi connectivity index (χ2n) is 4.58. The van der Waals surface area contributed by atoms with E-state index in [1.54, 1.807) is 30.3 Å². The maximum absolute atomic E-state index is 12.5. The summed E-state index contributed by atoms with van der Waals surface area (Å²) in [6, 6.07) is 8.09. The molecule has 3 aromatic rings. The Kier molecular flexibility index (Phi) is 4.98. The van der Waals surface area contributed by atoms with E-state index in [0.717, 1.165) is 4.70 Å². The number of nitrogens with one attached hydrogen (secondary N) is 1. The molecule has 0 aliphatic carbocycles. The average Bonchev–Trinajstić information content (AvgIpc) is 2.80. The van der Waals surface area contributed by atoms with Crippen molar-refractivity contribution in [2.75, 3.05) is 5.32 Å². The Morgan fingerprint density at radius 3 is 2.39 bits per heavy atom. The Morgan fingerprint density at radius 2 is 1.65 bits per heavy atom. The fraction of sp³-hybridized carbons (Fsp3) is 0. The van der Waals surface area contributed by atoms with E-state index in [9.17, 15) is 4.79 Å². The highest BCUT2D eigenvalue weighted by Gasteiger charge is 2.20. The lowest BCUT2D eigenvalue weighted by atomic mass is 10.2. The topological polar surface area (TPSA) is 29.1 Å². The van der Waals surface area contributed by atoms with Crippen LogP contribution in [0.15, 0.2) is 30.3 Å². The maximum atomic E-state index is 12.5. The molecule has 1 aromatic heterocycles. The number of benzene rings is 2. The van der Waals surface area contributed by atoms with Gasteiger partial charge in [-0.3, -0.25) is 4.79 Å². The van der Waals surface area contributed by atoms with Crippen LogP contribution in [-0.2, 0) is 0 Å². The number of amides is 1. The molecule has 118 valence electrons. The van der Waals surface area contributed by atoms with E-state index in [-0.39, 0.29) is 5.02 Å². The zero-order valence-electron chi connectivity index (χ0n) is 11.1. The molecule has 8 heteroatoms. The molecule has 0 bridgehead atoms. The van der Waals surface area contributed by atoms with Gasteiger partial charge in [0.25, 0.3) is 5.91 Å². The highest BCUT2D eigenvalue weighted by molar-refractivity contribution is 7.21. The van der Waals surface area contributed by atoms with Crippen molar-refractivity contribution in [1.29, 1.82) is 0 Å². The number of anilines is 1. The molecule has 0 aliphatic rings. The van der Waals surface area contributed by atoms with Gasteiger partial charge < -0.3 is 5.32 Å². The molecule has 1 heterocycles. The van der Waals surface area contributed by atoms with E-state index in [4.69, 9.17) is 58.0 Å². The second kappa shape index (κ2) is 6.67. The lowest BCUT2D eigenvalue weighted by molar-refractivity contribution is 0.103. The summed E-state index contributed by atoms with van der Waals surface area (Å²) in [7, 11) is 0. The minimum absolute atomic E-state index is 0.280. The van der Waals surface area contributed by atoms with Crippen LogP contribution in [0.2, 0.25) is 25.1 Å². The maximum Gasteiger partial charge on any atom is 0.267 e. The van der Waals surface area contributed by atoms with Crippen molar-refractivity contribution in [3.63, 3.8) is 0 Å². The number of rotatable bonds is 2. The Labute approximate surface area is 160 Å². The summed E-state index contributed by atoms with van der Waals surface area (Å²) in [6.07, 6.45) is 0. The van der Waals surface area contributed by atoms with Gasteiger partial charge in [-0.1, -0.05) is 58.0 Å². The summed E-state index contributed by atoms with van der Waals surface area (Å²) in [4.78, 5) is 12.8. The quantitative estimate of drug-likeness (QED) is 0.455. The second-order valence-corrected chi connectivity index (χ2v) is 7.70. The van der Waals surface area contributed by atoms with Gasteiger partial charge in [-0.15, -0.1) is 11.3 Å². The first-order valence-electron chi connectivity index (χ1n) is 6.20. The van der Waals surface area contributed by atoms with Crippen LogP contribution in [0.4, 0.5) is 5.69 Å². The van der Waals surface area contributed by atoms with Crippen LogP contribution in [0.5, 0.6) is 0 Å². The first-order chi connectivity index (χ1) is 10.9. The summed E-state index contributed by atoms with van der Waals surface area (Å²) >= 11 is 31.6. The molecule has 0 aliphatic heterocycles. The van der Waals surface area contributed by atoms with Crippen molar-refractivity contribution in [2.45, 2.75) is 0 Å². The van der Waals surface area contributed by atoms with Gasteiger partial charge in [0.15, 0.2) is 0 Å². The van der Waals surface area contributed by atoms with Crippen LogP contribution in [0.1, 0.15) is 9.67 Å². The Bertz CT molecular complexity index is 937. The molecule has 2 nitrogen and oxygen atoms in total. The summed E-state index contributed by atoms with van der Waals surface area (Å²) in [6.45, 7) is 0. The fourth-order valence-electron chi connectivity index (χ4n) is 2.03. The molecular formula is C15H6Cl5NOS. The number of halogens is 5. The van der Waals surface area contributed by atoms with Crippen LogP contribution in [0, 0.1) is 0 Å². The minimum atomic E-state index is -0.396. The Balaban J connectivity index is 2.03. The molecule has 3 rings (SSSR count). The van der Waals surface area contributed by atoms with Gasteiger partial charge in [-0.2, -0.15) is 0 Å². The zero-order chi connectivity index (χ0) is 16.7. The van der Waals surface area contributed by atoms with E-state index >= 15 is 0 Å². The van der Waals surface area contributed by atoms with Crippen molar-refractivity contribution in [2.24, 2.45) is 0 Å². The minimum Gasteiger partial charge on any atom is -0.320 e. The molecule has 0 saturated carbocycles. The third-order valence-electron chi connectivity index (χ3n) is 3.03.